The van der Waals surface area contributed by atoms with Crippen molar-refractivity contribution < 1.29 is 14.3 Å². The van der Waals surface area contributed by atoms with E-state index in [0.717, 1.165) is 50.1 Å². The summed E-state index contributed by atoms with van der Waals surface area (Å²) in [5.74, 6) is 1.55. The van der Waals surface area contributed by atoms with Crippen molar-refractivity contribution >= 4 is 41.6 Å². The van der Waals surface area contributed by atoms with Crippen LogP contribution in [0.2, 0.25) is 0 Å². The van der Waals surface area contributed by atoms with Crippen LogP contribution < -0.4 is 15.0 Å². The highest BCUT2D eigenvalue weighted by Crippen LogP contribution is 2.28. The van der Waals surface area contributed by atoms with Gasteiger partial charge in [0.15, 0.2) is 5.96 Å². The van der Waals surface area contributed by atoms with Crippen LogP contribution in [0.1, 0.15) is 27.2 Å². The molecule has 2 rings (SSSR count). The zero-order valence-electron chi connectivity index (χ0n) is 17.3. The lowest BCUT2D eigenvalue weighted by Crippen LogP contribution is -2.52. The Bertz CT molecular complexity index is 632. The summed E-state index contributed by atoms with van der Waals surface area (Å²) in [5, 5.41) is 3.32. The van der Waals surface area contributed by atoms with Gasteiger partial charge in [0.05, 0.1) is 31.9 Å². The third kappa shape index (κ3) is 7.37. The number of piperazine rings is 1. The van der Waals surface area contributed by atoms with Crippen molar-refractivity contribution in [2.75, 3.05) is 51.3 Å². The molecule has 1 aliphatic heterocycles. The number of hydrogen-bond donors (Lipinski definition) is 1. The molecule has 0 aromatic heterocycles. The number of para-hydroxylation sites is 2. The number of carbonyl (C=O) groups excluding carboxylic acids is 1. The van der Waals surface area contributed by atoms with Crippen LogP contribution in [0, 0.1) is 0 Å². The van der Waals surface area contributed by atoms with Gasteiger partial charge in [-0.25, -0.2) is 0 Å². The first-order valence-corrected chi connectivity index (χ1v) is 9.65. The Balaban J connectivity index is 0.00000392. The Morgan fingerprint density at radius 3 is 2.50 bits per heavy atom. The lowest BCUT2D eigenvalue weighted by Gasteiger charge is -2.38. The van der Waals surface area contributed by atoms with E-state index in [1.165, 1.54) is 0 Å². The summed E-state index contributed by atoms with van der Waals surface area (Å²) in [6.45, 7) is 10.5. The van der Waals surface area contributed by atoms with Crippen LogP contribution in [0.15, 0.2) is 29.3 Å². The van der Waals surface area contributed by atoms with Crippen molar-refractivity contribution in [2.45, 2.75) is 33.3 Å². The molecule has 7 nitrogen and oxygen atoms in total. The second-order valence-corrected chi connectivity index (χ2v) is 6.67. The Labute approximate surface area is 185 Å². The minimum atomic E-state index is -0.203. The first-order valence-electron chi connectivity index (χ1n) is 9.65. The van der Waals surface area contributed by atoms with Gasteiger partial charge in [0, 0.05) is 32.7 Å². The lowest BCUT2D eigenvalue weighted by molar-refractivity contribution is -0.147. The predicted molar refractivity (Wildman–Crippen MR) is 124 cm³/mol. The average Bonchev–Trinajstić information content (AvgIpc) is 2.67. The van der Waals surface area contributed by atoms with Gasteiger partial charge < -0.3 is 24.6 Å². The van der Waals surface area contributed by atoms with Gasteiger partial charge in [-0.1, -0.05) is 12.1 Å². The maximum atomic E-state index is 11.7. The highest BCUT2D eigenvalue weighted by Gasteiger charge is 2.21. The molecule has 1 aliphatic rings. The highest BCUT2D eigenvalue weighted by molar-refractivity contribution is 14.0. The number of nitrogens with one attached hydrogen (secondary N) is 1. The molecule has 28 heavy (non-hydrogen) atoms. The van der Waals surface area contributed by atoms with E-state index in [4.69, 9.17) is 9.47 Å². The van der Waals surface area contributed by atoms with Gasteiger partial charge in [0.25, 0.3) is 0 Å². The fraction of sp³-hybridized carbons (Fsp3) is 0.600. The molecule has 0 aliphatic carbocycles. The largest absolute Gasteiger partial charge is 0.495 e. The molecular formula is C20H33IN4O3. The molecule has 158 valence electrons. The number of methoxy groups -OCH3 is 1. The minimum absolute atomic E-state index is 0. The van der Waals surface area contributed by atoms with Crippen LogP contribution in [0.5, 0.6) is 5.75 Å². The van der Waals surface area contributed by atoms with Crippen molar-refractivity contribution in [2.24, 2.45) is 4.99 Å². The van der Waals surface area contributed by atoms with Crippen LogP contribution in [0.4, 0.5) is 5.69 Å². The fourth-order valence-corrected chi connectivity index (χ4v) is 3.05. The van der Waals surface area contributed by atoms with E-state index >= 15 is 0 Å². The van der Waals surface area contributed by atoms with Gasteiger partial charge in [-0.2, -0.15) is 0 Å². The molecule has 0 spiro atoms. The van der Waals surface area contributed by atoms with E-state index in [9.17, 15) is 4.79 Å². The molecule has 1 saturated heterocycles. The van der Waals surface area contributed by atoms with E-state index in [1.54, 1.807) is 7.11 Å². The highest BCUT2D eigenvalue weighted by atomic mass is 127. The molecule has 0 saturated carbocycles. The molecule has 1 aromatic rings. The van der Waals surface area contributed by atoms with Gasteiger partial charge in [-0.05, 0) is 32.9 Å². The molecule has 1 aromatic carbocycles. The topological polar surface area (TPSA) is 66.4 Å². The van der Waals surface area contributed by atoms with Crippen LogP contribution >= 0.6 is 24.0 Å². The smallest absolute Gasteiger partial charge is 0.307 e. The van der Waals surface area contributed by atoms with Gasteiger partial charge in [0.1, 0.15) is 5.75 Å². The number of guanidine groups is 1. The molecule has 8 heteroatoms. The summed E-state index contributed by atoms with van der Waals surface area (Å²) in [5.41, 5.74) is 1.12. The zero-order chi connectivity index (χ0) is 19.6. The summed E-state index contributed by atoms with van der Waals surface area (Å²) in [6.07, 6.45) is 0.214. The van der Waals surface area contributed by atoms with Crippen LogP contribution in [0.25, 0.3) is 0 Å². The molecule has 0 radical (unpaired) electrons. The predicted octanol–water partition coefficient (Wildman–Crippen LogP) is 2.74. The SMILES string of the molecule is CCNC(=NCCC(=O)OC(C)C)N1CCN(c2ccccc2OC)CC1.I. The van der Waals surface area contributed by atoms with Crippen LogP contribution in [-0.2, 0) is 9.53 Å². The summed E-state index contributed by atoms with van der Waals surface area (Å²) in [4.78, 5) is 20.9. The van der Waals surface area contributed by atoms with Gasteiger partial charge in [-0.3, -0.25) is 9.79 Å². The van der Waals surface area contributed by atoms with Crippen molar-refractivity contribution in [1.29, 1.82) is 0 Å². The number of hydrogen-bond acceptors (Lipinski definition) is 5. The monoisotopic (exact) mass is 504 g/mol. The Kier molecular flexibility index (Phi) is 11.0. The van der Waals surface area contributed by atoms with Gasteiger partial charge in [-0.15, -0.1) is 24.0 Å². The fourth-order valence-electron chi connectivity index (χ4n) is 3.05. The van der Waals surface area contributed by atoms with Crippen molar-refractivity contribution in [3.8, 4) is 5.75 Å². The Morgan fingerprint density at radius 2 is 1.89 bits per heavy atom. The summed E-state index contributed by atoms with van der Waals surface area (Å²) in [7, 11) is 1.70. The number of carbonyl (C=O) groups is 1. The van der Waals surface area contributed by atoms with Crippen molar-refractivity contribution in [1.82, 2.24) is 10.2 Å². The average molecular weight is 504 g/mol. The molecular weight excluding hydrogens is 471 g/mol. The molecule has 1 heterocycles. The van der Waals surface area contributed by atoms with Crippen LogP contribution in [-0.4, -0.2) is 69.3 Å². The maximum Gasteiger partial charge on any atom is 0.307 e. The minimum Gasteiger partial charge on any atom is -0.495 e. The van der Waals surface area contributed by atoms with Crippen molar-refractivity contribution in [3.63, 3.8) is 0 Å². The van der Waals surface area contributed by atoms with Gasteiger partial charge in [0.2, 0.25) is 0 Å². The number of esters is 1. The number of benzene rings is 1. The molecule has 0 atom stereocenters. The van der Waals surface area contributed by atoms with Crippen molar-refractivity contribution in [3.05, 3.63) is 24.3 Å². The number of ether oxygens (including phenoxy) is 2. The first kappa shape index (κ1) is 24.3. The third-order valence-corrected chi connectivity index (χ3v) is 4.28. The van der Waals surface area contributed by atoms with E-state index in [-0.39, 0.29) is 36.0 Å². The second kappa shape index (κ2) is 12.7. The molecule has 0 bridgehead atoms. The van der Waals surface area contributed by atoms with E-state index in [0.29, 0.717) is 13.0 Å². The summed E-state index contributed by atoms with van der Waals surface area (Å²) in [6, 6.07) is 8.10. The standard InChI is InChI=1S/C20H32N4O3.HI/c1-5-21-20(22-11-10-19(25)27-16(2)3)24-14-12-23(13-15-24)17-8-6-7-9-18(17)26-4;/h6-9,16H,5,10-15H2,1-4H3,(H,21,22);1H. The zero-order valence-corrected chi connectivity index (χ0v) is 19.6. The van der Waals surface area contributed by atoms with Crippen LogP contribution in [0.3, 0.4) is 0 Å². The Morgan fingerprint density at radius 1 is 1.21 bits per heavy atom. The summed E-state index contributed by atoms with van der Waals surface area (Å²) < 4.78 is 10.6. The normalized spacial score (nSPS) is 14.5. The van der Waals surface area contributed by atoms with E-state index < -0.39 is 0 Å². The third-order valence-electron chi connectivity index (χ3n) is 4.28. The number of nitrogens with zero attached hydrogens (tertiary/aromatic N) is 3. The Hall–Kier alpha value is -1.71. The maximum absolute atomic E-state index is 11.7. The number of anilines is 1. The van der Waals surface area contributed by atoms with E-state index in [2.05, 4.69) is 26.2 Å². The molecule has 0 unspecified atom stereocenters. The first-order chi connectivity index (χ1) is 13.0. The molecule has 0 amide bonds. The number of rotatable bonds is 7. The summed E-state index contributed by atoms with van der Waals surface area (Å²) >= 11 is 0. The molecule has 1 N–H and O–H groups in total. The quantitative estimate of drug-likeness (QED) is 0.267. The number of aliphatic imine (C=N–C) groups is 1. The number of halogens is 1. The lowest BCUT2D eigenvalue weighted by atomic mass is 10.2. The van der Waals surface area contributed by atoms with E-state index in [1.807, 2.05) is 39.0 Å². The van der Waals surface area contributed by atoms with Gasteiger partial charge >= 0.3 is 5.97 Å². The second-order valence-electron chi connectivity index (χ2n) is 6.67. The molecule has 1 fully saturated rings.